The second-order valence-electron chi connectivity index (χ2n) is 8.04. The van der Waals surface area contributed by atoms with Gasteiger partial charge in [0.15, 0.2) is 11.0 Å². The molecule has 0 unspecified atom stereocenters. The normalized spacial score (nSPS) is 13.8. The molecule has 4 rings (SSSR count). The van der Waals surface area contributed by atoms with E-state index in [1.165, 1.54) is 15.5 Å². The van der Waals surface area contributed by atoms with Crippen molar-refractivity contribution in [3.05, 3.63) is 62.8 Å². The van der Waals surface area contributed by atoms with Gasteiger partial charge in [-0.2, -0.15) is 4.68 Å². The van der Waals surface area contributed by atoms with Crippen LogP contribution < -0.4 is 15.5 Å². The summed E-state index contributed by atoms with van der Waals surface area (Å²) in [7, 11) is 0. The first-order valence-electron chi connectivity index (χ1n) is 10.5. The molecule has 0 saturated heterocycles. The van der Waals surface area contributed by atoms with E-state index >= 15 is 4.39 Å². The van der Waals surface area contributed by atoms with Gasteiger partial charge in [-0.25, -0.2) is 14.2 Å². The molecular formula is C22H24ClFN6O3. The molecule has 2 aromatic heterocycles. The zero-order valence-electron chi connectivity index (χ0n) is 18.7. The highest BCUT2D eigenvalue weighted by atomic mass is 35.5. The molecule has 11 heteroatoms. The van der Waals surface area contributed by atoms with Gasteiger partial charge in [-0.15, -0.1) is 5.10 Å². The molecule has 3 aromatic rings. The smallest absolute Gasteiger partial charge is 0.350 e. The number of aliphatic hydroxyl groups excluding tert-OH is 1. The lowest BCUT2D eigenvalue weighted by atomic mass is 10.0. The molecule has 174 valence electrons. The number of halogens is 2. The highest BCUT2D eigenvalue weighted by Gasteiger charge is 2.35. The molecule has 3 heterocycles. The second kappa shape index (κ2) is 8.60. The number of carbonyl (C=O) groups excluding carboxylic acids is 1. The molecule has 1 N–H and O–H groups in total. The van der Waals surface area contributed by atoms with Crippen molar-refractivity contribution < 1.29 is 14.3 Å². The fourth-order valence-corrected chi connectivity index (χ4v) is 4.35. The Morgan fingerprint density at radius 3 is 2.55 bits per heavy atom. The molecule has 9 nitrogen and oxygen atoms in total. The number of hydrogen-bond acceptors (Lipinski definition) is 6. The first-order valence-corrected chi connectivity index (χ1v) is 10.9. The van der Waals surface area contributed by atoms with Crippen LogP contribution in [0.2, 0.25) is 5.15 Å². The van der Waals surface area contributed by atoms with Crippen molar-refractivity contribution in [2.45, 2.75) is 46.9 Å². The fourth-order valence-electron chi connectivity index (χ4n) is 4.04. The average molecular weight is 475 g/mol. The lowest BCUT2D eigenvalue weighted by Crippen LogP contribution is -2.50. The molecule has 0 saturated carbocycles. The minimum Gasteiger partial charge on any atom is -0.388 e. The molecule has 0 spiro atoms. The molecule has 0 fully saturated rings. The van der Waals surface area contributed by atoms with Crippen LogP contribution in [-0.2, 0) is 13.2 Å². The summed E-state index contributed by atoms with van der Waals surface area (Å²) in [6, 6.07) is 4.26. The fraction of sp³-hybridized carbons (Fsp3) is 0.364. The number of aliphatic hydroxyl groups is 1. The van der Waals surface area contributed by atoms with E-state index in [4.69, 9.17) is 11.6 Å². The molecule has 0 bridgehead atoms. The summed E-state index contributed by atoms with van der Waals surface area (Å²) in [6.45, 7) is 7.43. The highest BCUT2D eigenvalue weighted by Crippen LogP contribution is 2.37. The van der Waals surface area contributed by atoms with Crippen molar-refractivity contribution in [2.75, 3.05) is 16.5 Å². The number of rotatable bonds is 5. The van der Waals surface area contributed by atoms with Gasteiger partial charge in [-0.3, -0.25) is 14.3 Å². The maximum atomic E-state index is 15.3. The molecule has 0 atom stereocenters. The third kappa shape index (κ3) is 3.68. The summed E-state index contributed by atoms with van der Waals surface area (Å²) in [6.07, 6.45) is 1.56. The van der Waals surface area contributed by atoms with Crippen LogP contribution in [0.3, 0.4) is 0 Å². The zero-order valence-corrected chi connectivity index (χ0v) is 19.5. The molecule has 0 radical (unpaired) electrons. The number of aryl methyl sites for hydroxylation is 1. The SMILES string of the molecule is CCn1c(CO)nn(-c2cc3c(cc2F)C(=O)N(c2c(C)ccnc2Cl)CN3C(C)C)c1=O. The number of fused-ring (bicyclic) bond motifs is 1. The first kappa shape index (κ1) is 22.9. The van der Waals surface area contributed by atoms with Gasteiger partial charge >= 0.3 is 5.69 Å². The Bertz CT molecular complexity index is 1280. The third-order valence-electron chi connectivity index (χ3n) is 5.74. The molecule has 1 aromatic carbocycles. The molecular weight excluding hydrogens is 451 g/mol. The highest BCUT2D eigenvalue weighted by molar-refractivity contribution is 6.33. The molecule has 1 aliphatic heterocycles. The van der Waals surface area contributed by atoms with Crippen molar-refractivity contribution in [3.63, 3.8) is 0 Å². The van der Waals surface area contributed by atoms with Gasteiger partial charge in [0.25, 0.3) is 5.91 Å². The van der Waals surface area contributed by atoms with Crippen molar-refractivity contribution in [1.29, 1.82) is 0 Å². The van der Waals surface area contributed by atoms with E-state index in [-0.39, 0.29) is 41.5 Å². The Balaban J connectivity index is 1.90. The number of aromatic nitrogens is 4. The predicted molar refractivity (Wildman–Crippen MR) is 123 cm³/mol. The van der Waals surface area contributed by atoms with Crippen LogP contribution in [0.5, 0.6) is 0 Å². The van der Waals surface area contributed by atoms with Crippen LogP contribution in [0, 0.1) is 12.7 Å². The van der Waals surface area contributed by atoms with Crippen LogP contribution in [0.1, 0.15) is 42.5 Å². The van der Waals surface area contributed by atoms with Crippen molar-refractivity contribution in [3.8, 4) is 5.69 Å². The third-order valence-corrected chi connectivity index (χ3v) is 6.02. The van der Waals surface area contributed by atoms with Gasteiger partial charge in [0.05, 0.1) is 23.6 Å². The monoisotopic (exact) mass is 474 g/mol. The Morgan fingerprint density at radius 1 is 1.24 bits per heavy atom. The van der Waals surface area contributed by atoms with Gasteiger partial charge in [-0.05, 0) is 51.5 Å². The van der Waals surface area contributed by atoms with E-state index in [0.717, 1.165) is 16.3 Å². The zero-order chi connectivity index (χ0) is 24.0. The molecule has 33 heavy (non-hydrogen) atoms. The first-order chi connectivity index (χ1) is 15.7. The maximum Gasteiger partial charge on any atom is 0.350 e. The molecule has 1 aliphatic rings. The minimum absolute atomic E-state index is 0.0636. The number of benzene rings is 1. The van der Waals surface area contributed by atoms with Gasteiger partial charge in [0.1, 0.15) is 18.1 Å². The van der Waals surface area contributed by atoms with Gasteiger partial charge < -0.3 is 10.0 Å². The van der Waals surface area contributed by atoms with Crippen LogP contribution in [-0.4, -0.2) is 43.1 Å². The number of anilines is 2. The van der Waals surface area contributed by atoms with Gasteiger partial charge in [-0.1, -0.05) is 11.6 Å². The number of hydrogen-bond donors (Lipinski definition) is 1. The minimum atomic E-state index is -0.783. The topological polar surface area (TPSA) is 96.5 Å². The predicted octanol–water partition coefficient (Wildman–Crippen LogP) is 2.87. The van der Waals surface area contributed by atoms with Crippen molar-refractivity contribution in [1.82, 2.24) is 19.3 Å². The quantitative estimate of drug-likeness (QED) is 0.571. The van der Waals surface area contributed by atoms with Crippen LogP contribution in [0.4, 0.5) is 15.8 Å². The van der Waals surface area contributed by atoms with Crippen LogP contribution in [0.15, 0.2) is 29.2 Å². The Kier molecular flexibility index (Phi) is 5.98. The van der Waals surface area contributed by atoms with E-state index in [9.17, 15) is 14.7 Å². The lowest BCUT2D eigenvalue weighted by Gasteiger charge is -2.41. The van der Waals surface area contributed by atoms with Gasteiger partial charge in [0, 0.05) is 18.8 Å². The number of amides is 1. The molecule has 1 amide bonds. The summed E-state index contributed by atoms with van der Waals surface area (Å²) in [5.41, 5.74) is 1.18. The standard InChI is InChI=1S/C22H24ClFN6O3/c1-5-27-18(10-31)26-30(22(27)33)17-9-16-14(8-15(17)24)21(32)29(11-28(16)12(2)3)19-13(4)6-7-25-20(19)23/h6-9,12,31H,5,10-11H2,1-4H3. The van der Waals surface area contributed by atoms with E-state index in [1.807, 2.05) is 25.7 Å². The maximum absolute atomic E-state index is 15.3. The van der Waals surface area contributed by atoms with Gasteiger partial charge in [0.2, 0.25) is 0 Å². The number of carbonyl (C=O) groups is 1. The number of pyridine rings is 1. The number of nitrogens with zero attached hydrogens (tertiary/aromatic N) is 6. The van der Waals surface area contributed by atoms with Crippen LogP contribution >= 0.6 is 11.6 Å². The summed E-state index contributed by atoms with van der Waals surface area (Å²) >= 11 is 6.31. The van der Waals surface area contributed by atoms with E-state index in [2.05, 4.69) is 10.1 Å². The lowest BCUT2D eigenvalue weighted by molar-refractivity contribution is 0.0981. The Labute approximate surface area is 194 Å². The van der Waals surface area contributed by atoms with E-state index < -0.39 is 24.0 Å². The Morgan fingerprint density at radius 2 is 1.97 bits per heavy atom. The van der Waals surface area contributed by atoms with Crippen molar-refractivity contribution in [2.24, 2.45) is 0 Å². The van der Waals surface area contributed by atoms with E-state index in [1.54, 1.807) is 19.2 Å². The summed E-state index contributed by atoms with van der Waals surface area (Å²) in [5.74, 6) is -1.08. The molecule has 0 aliphatic carbocycles. The summed E-state index contributed by atoms with van der Waals surface area (Å²) in [5, 5.41) is 13.8. The van der Waals surface area contributed by atoms with Crippen LogP contribution in [0.25, 0.3) is 5.69 Å². The summed E-state index contributed by atoms with van der Waals surface area (Å²) < 4.78 is 17.5. The second-order valence-corrected chi connectivity index (χ2v) is 8.40. The largest absolute Gasteiger partial charge is 0.388 e. The van der Waals surface area contributed by atoms with Crippen molar-refractivity contribution >= 4 is 28.9 Å². The summed E-state index contributed by atoms with van der Waals surface area (Å²) in [4.78, 5) is 33.7. The average Bonchev–Trinajstić information content (AvgIpc) is 3.10. The van der Waals surface area contributed by atoms with E-state index in [0.29, 0.717) is 11.4 Å². The Hall–Kier alpha value is -3.24.